The quantitative estimate of drug-likeness (QED) is 0.580. The molecule has 0 aromatic heterocycles. The number of carbonyl (C=O) groups is 1. The average Bonchev–Trinajstić information content (AvgIpc) is 2.08. The zero-order valence-electron chi connectivity index (χ0n) is 6.97. The Balaban J connectivity index is 0.00000169. The van der Waals surface area contributed by atoms with Crippen LogP contribution in [0.4, 0.5) is 0 Å². The maximum Gasteiger partial charge on any atom is 0.320 e. The maximum atomic E-state index is 10.4. The lowest BCUT2D eigenvalue weighted by Gasteiger charge is -2.05. The van der Waals surface area contributed by atoms with Crippen molar-refractivity contribution in [3.63, 3.8) is 0 Å². The van der Waals surface area contributed by atoms with Crippen molar-refractivity contribution in [3.8, 4) is 5.75 Å². The van der Waals surface area contributed by atoms with Gasteiger partial charge in [0.05, 0.1) is 0 Å². The topological polar surface area (TPSA) is 83.5 Å². The Labute approximate surface area is 97.9 Å². The first-order valence-electron chi connectivity index (χ1n) is 3.86. The van der Waals surface area contributed by atoms with Crippen LogP contribution in [0.2, 0.25) is 0 Å². The highest BCUT2D eigenvalue weighted by Gasteiger charge is 2.11. The second kappa shape index (κ2) is 5.84. The molecule has 0 fully saturated rings. The van der Waals surface area contributed by atoms with E-state index < -0.39 is 12.0 Å². The molecule has 14 heavy (non-hydrogen) atoms. The summed E-state index contributed by atoms with van der Waals surface area (Å²) in [6.07, 6.45) is 0.273. The molecule has 0 spiro atoms. The van der Waals surface area contributed by atoms with E-state index in [1.165, 1.54) is 12.1 Å². The van der Waals surface area contributed by atoms with E-state index >= 15 is 0 Å². The van der Waals surface area contributed by atoms with Crippen LogP contribution in [0.25, 0.3) is 0 Å². The molecule has 0 aliphatic heterocycles. The number of carboxylic acids is 1. The number of benzene rings is 1. The lowest BCUT2D eigenvalue weighted by Crippen LogP contribution is -2.32. The van der Waals surface area contributed by atoms with Crippen molar-refractivity contribution < 1.29 is 15.0 Å². The highest BCUT2D eigenvalue weighted by Crippen LogP contribution is 2.10. The summed E-state index contributed by atoms with van der Waals surface area (Å²) in [7, 11) is 0. The van der Waals surface area contributed by atoms with Crippen LogP contribution in [0, 0.1) is 0 Å². The fourth-order valence-corrected chi connectivity index (χ4v) is 0.973. The minimum absolute atomic E-state index is 0. The van der Waals surface area contributed by atoms with E-state index in [4.69, 9.17) is 15.9 Å². The molecule has 5 heteroatoms. The molecular weight excluding hydrogens is 194 g/mol. The standard InChI is InChI=1S/C9H11NO3.Mg.2H/c10-8(9(12)13)5-6-1-3-7(11)4-2-6;;;/h1-4,8,11H,5,10H2,(H,12,13);;;/t8-;;;/m0.../s1. The summed E-state index contributed by atoms with van der Waals surface area (Å²) >= 11 is 0. The maximum absolute atomic E-state index is 10.4. The van der Waals surface area contributed by atoms with E-state index in [0.29, 0.717) is 0 Å². The molecule has 4 nitrogen and oxygen atoms in total. The van der Waals surface area contributed by atoms with E-state index in [1.54, 1.807) is 12.1 Å². The van der Waals surface area contributed by atoms with Gasteiger partial charge in [0.1, 0.15) is 11.8 Å². The van der Waals surface area contributed by atoms with Gasteiger partial charge in [0, 0.05) is 0 Å². The van der Waals surface area contributed by atoms with Crippen molar-refractivity contribution in [3.05, 3.63) is 29.8 Å². The summed E-state index contributed by atoms with van der Waals surface area (Å²) in [5.41, 5.74) is 6.12. The van der Waals surface area contributed by atoms with Crippen LogP contribution in [0.15, 0.2) is 24.3 Å². The highest BCUT2D eigenvalue weighted by atomic mass is 24.3. The number of hydrogen-bond donors (Lipinski definition) is 3. The molecular formula is C9H13MgNO3. The lowest BCUT2D eigenvalue weighted by atomic mass is 10.1. The fourth-order valence-electron chi connectivity index (χ4n) is 0.973. The van der Waals surface area contributed by atoms with Crippen molar-refractivity contribution in [2.24, 2.45) is 5.73 Å². The third kappa shape index (κ3) is 3.95. The van der Waals surface area contributed by atoms with E-state index in [1.807, 2.05) is 0 Å². The van der Waals surface area contributed by atoms with Crippen molar-refractivity contribution >= 4 is 29.0 Å². The first kappa shape index (κ1) is 13.2. The van der Waals surface area contributed by atoms with Crippen LogP contribution in [0.5, 0.6) is 5.75 Å². The van der Waals surface area contributed by atoms with Gasteiger partial charge in [0.2, 0.25) is 0 Å². The minimum atomic E-state index is -1.02. The monoisotopic (exact) mass is 207 g/mol. The number of nitrogens with two attached hydrogens (primary N) is 1. The van der Waals surface area contributed by atoms with Gasteiger partial charge >= 0.3 is 29.0 Å². The number of aliphatic carboxylic acids is 1. The molecule has 4 N–H and O–H groups in total. The number of phenols is 1. The number of carboxylic acid groups (broad SMARTS) is 1. The summed E-state index contributed by atoms with van der Waals surface area (Å²) in [6.45, 7) is 0. The molecule has 0 unspecified atom stereocenters. The normalized spacial score (nSPS) is 11.5. The highest BCUT2D eigenvalue weighted by molar-refractivity contribution is 5.75. The van der Waals surface area contributed by atoms with Crippen LogP contribution >= 0.6 is 0 Å². The van der Waals surface area contributed by atoms with E-state index in [2.05, 4.69) is 0 Å². The number of phenolic OH excluding ortho intramolecular Hbond substituents is 1. The Morgan fingerprint density at radius 1 is 1.36 bits per heavy atom. The third-order valence-electron chi connectivity index (χ3n) is 1.71. The van der Waals surface area contributed by atoms with Gasteiger partial charge in [-0.2, -0.15) is 0 Å². The number of rotatable bonds is 3. The Morgan fingerprint density at radius 2 is 1.86 bits per heavy atom. The van der Waals surface area contributed by atoms with E-state index in [9.17, 15) is 4.79 Å². The first-order chi connectivity index (χ1) is 6.09. The molecule has 0 bridgehead atoms. The molecule has 1 atom stereocenters. The first-order valence-corrected chi connectivity index (χ1v) is 3.86. The van der Waals surface area contributed by atoms with Gasteiger partial charge in [0.25, 0.3) is 0 Å². The third-order valence-corrected chi connectivity index (χ3v) is 1.71. The predicted molar refractivity (Wildman–Crippen MR) is 56.0 cm³/mol. The summed E-state index contributed by atoms with van der Waals surface area (Å²) < 4.78 is 0. The SMILES string of the molecule is N[C@@H](Cc1ccc(O)cc1)C(=O)O.[MgH2]. The molecule has 0 heterocycles. The largest absolute Gasteiger partial charge is 0.508 e. The molecule has 0 radical (unpaired) electrons. The van der Waals surface area contributed by atoms with Crippen LogP contribution < -0.4 is 5.73 Å². The second-order valence-electron chi connectivity index (χ2n) is 2.82. The zero-order chi connectivity index (χ0) is 9.84. The Bertz CT molecular complexity index is 299. The van der Waals surface area contributed by atoms with Crippen molar-refractivity contribution in [2.75, 3.05) is 0 Å². The number of hydrogen-bond acceptors (Lipinski definition) is 3. The van der Waals surface area contributed by atoms with Crippen molar-refractivity contribution in [2.45, 2.75) is 12.5 Å². The molecule has 0 aliphatic carbocycles. The number of aromatic hydroxyl groups is 1. The van der Waals surface area contributed by atoms with Crippen LogP contribution in [0.3, 0.4) is 0 Å². The van der Waals surface area contributed by atoms with Crippen molar-refractivity contribution in [1.29, 1.82) is 0 Å². The smallest absolute Gasteiger partial charge is 0.320 e. The lowest BCUT2D eigenvalue weighted by molar-refractivity contribution is -0.138. The molecule has 1 aromatic rings. The molecule has 1 aromatic carbocycles. The van der Waals surface area contributed by atoms with Gasteiger partial charge in [-0.3, -0.25) is 4.79 Å². The fraction of sp³-hybridized carbons (Fsp3) is 0.222. The summed E-state index contributed by atoms with van der Waals surface area (Å²) in [6, 6.07) is 5.42. The molecule has 74 valence electrons. The Kier molecular flexibility index (Phi) is 5.52. The van der Waals surface area contributed by atoms with Gasteiger partial charge in [-0.15, -0.1) is 0 Å². The molecule has 0 amide bonds. The van der Waals surface area contributed by atoms with Gasteiger partial charge in [-0.1, -0.05) is 12.1 Å². The zero-order valence-corrected chi connectivity index (χ0v) is 6.97. The summed E-state index contributed by atoms with van der Waals surface area (Å²) in [5, 5.41) is 17.5. The predicted octanol–water partition coefficient (Wildman–Crippen LogP) is -0.570. The van der Waals surface area contributed by atoms with Gasteiger partial charge < -0.3 is 15.9 Å². The molecule has 0 aliphatic rings. The minimum Gasteiger partial charge on any atom is -0.508 e. The summed E-state index contributed by atoms with van der Waals surface area (Å²) in [5.74, 6) is -0.860. The Hall–Kier alpha value is -0.784. The van der Waals surface area contributed by atoms with Gasteiger partial charge in [-0.25, -0.2) is 0 Å². The van der Waals surface area contributed by atoms with Gasteiger partial charge in [-0.05, 0) is 24.1 Å². The second-order valence-corrected chi connectivity index (χ2v) is 2.82. The van der Waals surface area contributed by atoms with Crippen LogP contribution in [0.1, 0.15) is 5.56 Å². The van der Waals surface area contributed by atoms with Crippen LogP contribution in [-0.2, 0) is 11.2 Å². The average molecular weight is 208 g/mol. The molecule has 1 rings (SSSR count). The summed E-state index contributed by atoms with van der Waals surface area (Å²) in [4.78, 5) is 10.4. The van der Waals surface area contributed by atoms with Crippen molar-refractivity contribution in [1.82, 2.24) is 0 Å². The Morgan fingerprint density at radius 3 is 2.29 bits per heavy atom. The van der Waals surface area contributed by atoms with Crippen LogP contribution in [-0.4, -0.2) is 45.3 Å². The van der Waals surface area contributed by atoms with E-state index in [0.717, 1.165) is 5.56 Å². The van der Waals surface area contributed by atoms with Gasteiger partial charge in [0.15, 0.2) is 0 Å². The molecule has 0 saturated heterocycles. The molecule has 0 saturated carbocycles. The van der Waals surface area contributed by atoms with E-state index in [-0.39, 0.29) is 35.2 Å².